The van der Waals surface area contributed by atoms with Crippen LogP contribution in [0.4, 0.5) is 0 Å². The Hall–Kier alpha value is -0.760. The maximum atomic E-state index is 12.1. The molecular formula is C17H30N3O4PS. The molecule has 148 valence electrons. The standard InChI is InChI=1S/C17H30N3O4PS/c1-5-7-18-9-11-10-20(17(26)19-15(11)23)16-14(22)13(21)12(24-16)6-8-25(2,3)4/h10,12-14,16,18,21-22H,2,5-9H2,1,3-4H3,(H,19,23,26)/t12?,13-,14-,16?/m1/s1. The van der Waals surface area contributed by atoms with E-state index in [9.17, 15) is 15.0 Å². The number of aliphatic hydroxyl groups excluding tert-OH is 2. The van der Waals surface area contributed by atoms with Gasteiger partial charge in [-0.1, -0.05) is 6.92 Å². The van der Waals surface area contributed by atoms with Gasteiger partial charge in [-0.3, -0.25) is 14.3 Å². The van der Waals surface area contributed by atoms with Crippen LogP contribution < -0.4 is 10.9 Å². The number of aliphatic hydroxyl groups is 2. The molecular weight excluding hydrogens is 373 g/mol. The average Bonchev–Trinajstić information content (AvgIpc) is 2.83. The number of aromatic nitrogens is 2. The summed E-state index contributed by atoms with van der Waals surface area (Å²) in [6.07, 6.45) is 4.80. The highest BCUT2D eigenvalue weighted by Crippen LogP contribution is 2.39. The number of H-pyrrole nitrogens is 1. The first-order valence-corrected chi connectivity index (χ1v) is 12.3. The first kappa shape index (κ1) is 21.5. The molecule has 1 aliphatic rings. The summed E-state index contributed by atoms with van der Waals surface area (Å²) >= 11 is 5.24. The lowest BCUT2D eigenvalue weighted by atomic mass is 10.1. The fraction of sp³-hybridized carbons (Fsp3) is 0.706. The molecule has 0 radical (unpaired) electrons. The van der Waals surface area contributed by atoms with Gasteiger partial charge >= 0.3 is 0 Å². The zero-order valence-corrected chi connectivity index (χ0v) is 17.4. The number of hydrogen-bond acceptors (Lipinski definition) is 6. The molecule has 1 aromatic rings. The fourth-order valence-electron chi connectivity index (χ4n) is 2.92. The summed E-state index contributed by atoms with van der Waals surface area (Å²) in [4.78, 5) is 14.7. The molecule has 1 fully saturated rings. The monoisotopic (exact) mass is 403 g/mol. The smallest absolute Gasteiger partial charge is 0.256 e. The molecule has 0 aliphatic carbocycles. The molecule has 0 saturated carbocycles. The van der Waals surface area contributed by atoms with E-state index < -0.39 is 31.4 Å². The third-order valence-corrected chi connectivity index (χ3v) is 6.20. The van der Waals surface area contributed by atoms with Crippen LogP contribution in [-0.4, -0.2) is 70.4 Å². The number of ether oxygens (including phenoxy) is 1. The van der Waals surface area contributed by atoms with Crippen LogP contribution in [0.3, 0.4) is 0 Å². The molecule has 26 heavy (non-hydrogen) atoms. The van der Waals surface area contributed by atoms with E-state index >= 15 is 0 Å². The second-order valence-electron chi connectivity index (χ2n) is 7.49. The van der Waals surface area contributed by atoms with Crippen molar-refractivity contribution in [1.82, 2.24) is 14.9 Å². The minimum atomic E-state index is -1.25. The summed E-state index contributed by atoms with van der Waals surface area (Å²) in [5, 5.41) is 24.0. The number of aromatic amines is 1. The van der Waals surface area contributed by atoms with E-state index in [1.807, 2.05) is 6.92 Å². The van der Waals surface area contributed by atoms with Crippen LogP contribution in [0.25, 0.3) is 0 Å². The first-order chi connectivity index (χ1) is 12.1. The summed E-state index contributed by atoms with van der Waals surface area (Å²) in [6.45, 7) is 6.23. The third kappa shape index (κ3) is 5.38. The van der Waals surface area contributed by atoms with E-state index in [0.717, 1.165) is 19.1 Å². The van der Waals surface area contributed by atoms with Crippen molar-refractivity contribution in [3.05, 3.63) is 26.9 Å². The van der Waals surface area contributed by atoms with Gasteiger partial charge in [0.15, 0.2) is 11.0 Å². The molecule has 0 aromatic carbocycles. The van der Waals surface area contributed by atoms with Crippen LogP contribution in [0.1, 0.15) is 31.6 Å². The number of hydrogen-bond donors (Lipinski definition) is 4. The van der Waals surface area contributed by atoms with Crippen molar-refractivity contribution in [2.24, 2.45) is 0 Å². The summed E-state index contributed by atoms with van der Waals surface area (Å²) in [5.74, 6) is 0. The van der Waals surface area contributed by atoms with Crippen LogP contribution in [-0.2, 0) is 11.3 Å². The normalized spacial score (nSPS) is 26.3. The molecule has 1 saturated heterocycles. The highest BCUT2D eigenvalue weighted by molar-refractivity contribution is 7.72. The molecule has 0 bridgehead atoms. The predicted octanol–water partition coefficient (Wildman–Crippen LogP) is 1.12. The summed E-state index contributed by atoms with van der Waals surface area (Å²) < 4.78 is 7.60. The van der Waals surface area contributed by atoms with Gasteiger partial charge in [-0.2, -0.15) is 0 Å². The SMILES string of the molecule is C=P(C)(C)CCC1OC(n2cc(CNCCC)c(=O)[nH]c2=S)[C@H](O)[C@@H]1O. The van der Waals surface area contributed by atoms with Gasteiger partial charge in [0, 0.05) is 18.3 Å². The van der Waals surface area contributed by atoms with Gasteiger partial charge in [0.05, 0.1) is 6.10 Å². The van der Waals surface area contributed by atoms with Gasteiger partial charge < -0.3 is 20.3 Å². The zero-order chi connectivity index (χ0) is 19.5. The summed E-state index contributed by atoms with van der Waals surface area (Å²) in [6, 6.07) is 0. The van der Waals surface area contributed by atoms with Crippen LogP contribution >= 0.6 is 19.1 Å². The molecule has 4 N–H and O–H groups in total. The van der Waals surface area contributed by atoms with Crippen molar-refractivity contribution in [2.45, 2.75) is 50.8 Å². The topological polar surface area (TPSA) is 99.5 Å². The van der Waals surface area contributed by atoms with Crippen molar-refractivity contribution < 1.29 is 14.9 Å². The molecule has 4 atom stereocenters. The minimum Gasteiger partial charge on any atom is -0.388 e. The first-order valence-electron chi connectivity index (χ1n) is 8.88. The lowest BCUT2D eigenvalue weighted by Gasteiger charge is -2.20. The Morgan fingerprint density at radius 1 is 1.42 bits per heavy atom. The molecule has 7 nitrogen and oxygen atoms in total. The van der Waals surface area contributed by atoms with E-state index in [2.05, 4.69) is 29.9 Å². The van der Waals surface area contributed by atoms with Crippen molar-refractivity contribution in [3.63, 3.8) is 0 Å². The van der Waals surface area contributed by atoms with Crippen molar-refractivity contribution >= 4 is 25.4 Å². The lowest BCUT2D eigenvalue weighted by Crippen LogP contribution is -2.33. The van der Waals surface area contributed by atoms with E-state index in [1.54, 1.807) is 6.20 Å². The highest BCUT2D eigenvalue weighted by atomic mass is 32.1. The van der Waals surface area contributed by atoms with E-state index in [1.165, 1.54) is 4.57 Å². The molecule has 1 aromatic heterocycles. The van der Waals surface area contributed by atoms with Gasteiger partial charge in [0.25, 0.3) is 5.56 Å². The third-order valence-electron chi connectivity index (χ3n) is 4.41. The molecule has 0 spiro atoms. The average molecular weight is 403 g/mol. The second kappa shape index (κ2) is 8.95. The fourth-order valence-corrected chi connectivity index (χ4v) is 4.12. The Labute approximate surface area is 159 Å². The van der Waals surface area contributed by atoms with Gasteiger partial charge in [0.2, 0.25) is 0 Å². The van der Waals surface area contributed by atoms with Crippen molar-refractivity contribution in [1.29, 1.82) is 0 Å². The second-order valence-corrected chi connectivity index (χ2v) is 12.2. The van der Waals surface area contributed by atoms with E-state index in [-0.39, 0.29) is 10.3 Å². The van der Waals surface area contributed by atoms with E-state index in [4.69, 9.17) is 17.0 Å². The van der Waals surface area contributed by atoms with Crippen LogP contribution in [0.5, 0.6) is 0 Å². The van der Waals surface area contributed by atoms with Gasteiger partial charge in [-0.15, -0.1) is 13.2 Å². The lowest BCUT2D eigenvalue weighted by molar-refractivity contribution is -0.0392. The summed E-state index contributed by atoms with van der Waals surface area (Å²) in [7, 11) is 0. The van der Waals surface area contributed by atoms with Gasteiger partial charge in [-0.05, 0) is 51.1 Å². The van der Waals surface area contributed by atoms with Gasteiger partial charge in [-0.25, -0.2) is 0 Å². The molecule has 9 heteroatoms. The predicted molar refractivity (Wildman–Crippen MR) is 109 cm³/mol. The quantitative estimate of drug-likeness (QED) is 0.295. The Balaban J connectivity index is 2.21. The Kier molecular flexibility index (Phi) is 7.42. The van der Waals surface area contributed by atoms with Crippen molar-refractivity contribution in [3.8, 4) is 0 Å². The maximum absolute atomic E-state index is 12.1. The summed E-state index contributed by atoms with van der Waals surface area (Å²) in [5.41, 5.74) is 0.244. The minimum absolute atomic E-state index is 0.163. The number of nitrogens with zero attached hydrogens (tertiary/aromatic N) is 1. The van der Waals surface area contributed by atoms with Gasteiger partial charge in [0.1, 0.15) is 12.2 Å². The molecule has 2 unspecified atom stereocenters. The van der Waals surface area contributed by atoms with E-state index in [0.29, 0.717) is 18.5 Å². The highest BCUT2D eigenvalue weighted by Gasteiger charge is 2.43. The van der Waals surface area contributed by atoms with Crippen molar-refractivity contribution in [2.75, 3.05) is 26.0 Å². The molecule has 2 rings (SSSR count). The largest absolute Gasteiger partial charge is 0.388 e. The van der Waals surface area contributed by atoms with Crippen LogP contribution in [0.2, 0.25) is 0 Å². The Morgan fingerprint density at radius 2 is 2.12 bits per heavy atom. The number of rotatable bonds is 8. The molecule has 0 amide bonds. The number of nitrogens with one attached hydrogen (secondary N) is 2. The zero-order valence-electron chi connectivity index (χ0n) is 15.6. The van der Waals surface area contributed by atoms with Crippen LogP contribution in [0.15, 0.2) is 11.0 Å². The molecule has 1 aliphatic heterocycles. The van der Waals surface area contributed by atoms with Crippen LogP contribution in [0, 0.1) is 4.77 Å². The maximum Gasteiger partial charge on any atom is 0.256 e. The Morgan fingerprint density at radius 3 is 2.73 bits per heavy atom. The molecule has 2 heterocycles. The Bertz CT molecular complexity index is 772.